The Labute approximate surface area is 163 Å². The summed E-state index contributed by atoms with van der Waals surface area (Å²) in [4.78, 5) is 6.81. The molecule has 1 saturated heterocycles. The smallest absolute Gasteiger partial charge is 0.164 e. The first kappa shape index (κ1) is 18.5. The molecule has 0 unspecified atom stereocenters. The number of fused-ring (bicyclic) bond motifs is 1. The highest BCUT2D eigenvalue weighted by Crippen LogP contribution is 2.37. The Balaban J connectivity index is 1.65. The van der Waals surface area contributed by atoms with Gasteiger partial charge in [-0.15, -0.1) is 0 Å². The molecule has 0 N–H and O–H groups in total. The Morgan fingerprint density at radius 1 is 1.19 bits per heavy atom. The molecule has 2 atom stereocenters. The maximum Gasteiger partial charge on any atom is 0.164 e. The van der Waals surface area contributed by atoms with Gasteiger partial charge in [0.15, 0.2) is 15.0 Å². The van der Waals surface area contributed by atoms with Gasteiger partial charge < -0.3 is 4.90 Å². The van der Waals surface area contributed by atoms with Gasteiger partial charge in [0.2, 0.25) is 0 Å². The molecule has 142 valence electrons. The van der Waals surface area contributed by atoms with Crippen molar-refractivity contribution in [2.24, 2.45) is 4.99 Å². The van der Waals surface area contributed by atoms with E-state index < -0.39 is 9.84 Å². The summed E-state index contributed by atoms with van der Waals surface area (Å²) in [7, 11) is -3.07. The number of rotatable bonds is 3. The second-order valence-corrected chi connectivity index (χ2v) is 10.3. The van der Waals surface area contributed by atoms with Crippen molar-refractivity contribution in [3.63, 3.8) is 0 Å². The van der Waals surface area contributed by atoms with E-state index >= 15 is 0 Å². The summed E-state index contributed by atoms with van der Waals surface area (Å²) in [6, 6.07) is 12.3. The van der Waals surface area contributed by atoms with Crippen LogP contribution < -0.4 is 4.90 Å². The highest BCUT2D eigenvalue weighted by atomic mass is 32.2. The largest absolute Gasteiger partial charge is 0.315 e. The summed E-state index contributed by atoms with van der Waals surface area (Å²) in [5.41, 5.74) is 4.14. The lowest BCUT2D eigenvalue weighted by molar-refractivity contribution is 0.601. The van der Waals surface area contributed by atoms with Gasteiger partial charge in [0.1, 0.15) is 5.82 Å². The summed E-state index contributed by atoms with van der Waals surface area (Å²) in [5.74, 6) is 0.557. The normalized spacial score (nSPS) is 23.4. The van der Waals surface area contributed by atoms with Gasteiger partial charge in [0, 0.05) is 11.4 Å². The number of nitrogens with zero attached hydrogens (tertiary/aromatic N) is 2. The number of thioether (sulfide) groups is 1. The Morgan fingerprint density at radius 3 is 2.74 bits per heavy atom. The Morgan fingerprint density at radius 2 is 2.00 bits per heavy atom. The summed E-state index contributed by atoms with van der Waals surface area (Å²) in [6.45, 7) is 4.07. The number of hydrogen-bond acceptors (Lipinski definition) is 5. The maximum absolute atomic E-state index is 13.5. The minimum atomic E-state index is -3.07. The molecule has 2 aromatic carbocycles. The Hall–Kier alpha value is -1.86. The van der Waals surface area contributed by atoms with E-state index in [1.807, 2.05) is 32.0 Å². The highest BCUT2D eigenvalue weighted by molar-refractivity contribution is 8.13. The van der Waals surface area contributed by atoms with E-state index in [2.05, 4.69) is 11.0 Å². The first-order valence-electron chi connectivity index (χ1n) is 8.84. The zero-order valence-corrected chi connectivity index (χ0v) is 16.9. The lowest BCUT2D eigenvalue weighted by Crippen LogP contribution is -2.39. The Bertz CT molecular complexity index is 1020. The third kappa shape index (κ3) is 3.75. The van der Waals surface area contributed by atoms with Gasteiger partial charge in [-0.25, -0.2) is 12.8 Å². The molecule has 2 aromatic rings. The molecule has 2 aliphatic heterocycles. The van der Waals surface area contributed by atoms with Crippen LogP contribution in [0.5, 0.6) is 0 Å². The molecule has 0 spiro atoms. The first-order valence-corrected chi connectivity index (χ1v) is 11.6. The summed E-state index contributed by atoms with van der Waals surface area (Å²) in [5, 5.41) is 0.816. The van der Waals surface area contributed by atoms with Crippen molar-refractivity contribution < 1.29 is 12.8 Å². The van der Waals surface area contributed by atoms with E-state index in [4.69, 9.17) is 4.99 Å². The fourth-order valence-electron chi connectivity index (χ4n) is 3.77. The highest BCUT2D eigenvalue weighted by Gasteiger charge is 2.47. The second kappa shape index (κ2) is 6.95. The van der Waals surface area contributed by atoms with Crippen LogP contribution in [0, 0.1) is 19.7 Å². The van der Waals surface area contributed by atoms with Crippen molar-refractivity contribution in [1.82, 2.24) is 0 Å². The average Bonchev–Trinajstić information content (AvgIpc) is 3.05. The monoisotopic (exact) mass is 404 g/mol. The van der Waals surface area contributed by atoms with Crippen LogP contribution in [0.2, 0.25) is 0 Å². The molecule has 4 nitrogen and oxygen atoms in total. The molecule has 7 heteroatoms. The number of aryl methyl sites for hydroxylation is 2. The molecule has 4 rings (SSSR count). The lowest BCUT2D eigenvalue weighted by atomic mass is 10.1. The third-order valence-corrected chi connectivity index (χ3v) is 7.71. The van der Waals surface area contributed by atoms with Crippen molar-refractivity contribution in [2.75, 3.05) is 16.4 Å². The molecular formula is C20H21FN2O2S2. The van der Waals surface area contributed by atoms with Gasteiger partial charge in [-0.1, -0.05) is 41.6 Å². The molecule has 0 saturated carbocycles. The number of benzene rings is 2. The number of anilines is 1. The van der Waals surface area contributed by atoms with Crippen LogP contribution in [0.25, 0.3) is 0 Å². The van der Waals surface area contributed by atoms with Crippen molar-refractivity contribution >= 4 is 32.5 Å². The molecule has 0 aliphatic carbocycles. The van der Waals surface area contributed by atoms with Crippen molar-refractivity contribution in [1.29, 1.82) is 0 Å². The van der Waals surface area contributed by atoms with Gasteiger partial charge in [-0.05, 0) is 43.2 Å². The first-order chi connectivity index (χ1) is 12.8. The number of halogens is 1. The fraction of sp³-hybridized carbons (Fsp3) is 0.350. The lowest BCUT2D eigenvalue weighted by Gasteiger charge is -2.28. The van der Waals surface area contributed by atoms with E-state index in [0.29, 0.717) is 5.75 Å². The van der Waals surface area contributed by atoms with Crippen molar-refractivity contribution in [2.45, 2.75) is 31.7 Å². The standard InChI is InChI=1S/C20H21FN2O2S2/c1-13-6-7-18(14(2)8-13)23-19-12-27(24,25)11-17(19)22-20(23)26-10-15-4-3-5-16(21)9-15/h3-9,17,19H,10-12H2,1-2H3/t17-,19+/m1/s1. The number of sulfone groups is 1. The Kier molecular flexibility index (Phi) is 4.76. The zero-order chi connectivity index (χ0) is 19.2. The molecule has 2 aliphatic rings. The van der Waals surface area contributed by atoms with E-state index in [9.17, 15) is 12.8 Å². The van der Waals surface area contributed by atoms with Crippen LogP contribution >= 0.6 is 11.8 Å². The molecule has 27 heavy (non-hydrogen) atoms. The van der Waals surface area contributed by atoms with Crippen molar-refractivity contribution in [3.05, 3.63) is 65.0 Å². The van der Waals surface area contributed by atoms with E-state index in [-0.39, 0.29) is 29.4 Å². The molecule has 2 heterocycles. The summed E-state index contributed by atoms with van der Waals surface area (Å²) in [6.07, 6.45) is 0. The minimum Gasteiger partial charge on any atom is -0.315 e. The van der Waals surface area contributed by atoms with Crippen LogP contribution in [-0.4, -0.2) is 37.2 Å². The summed E-state index contributed by atoms with van der Waals surface area (Å²) < 4.78 is 37.7. The number of amidine groups is 1. The molecular weight excluding hydrogens is 383 g/mol. The topological polar surface area (TPSA) is 49.7 Å². The maximum atomic E-state index is 13.5. The second-order valence-electron chi connectivity index (χ2n) is 7.20. The SMILES string of the molecule is Cc1ccc(N2C(SCc3cccc(F)c3)=N[C@@H]3CS(=O)(=O)C[C@@H]32)c(C)c1. The van der Waals surface area contributed by atoms with Crippen LogP contribution in [-0.2, 0) is 15.6 Å². The van der Waals surface area contributed by atoms with Gasteiger partial charge >= 0.3 is 0 Å². The van der Waals surface area contributed by atoms with Gasteiger partial charge in [-0.2, -0.15) is 0 Å². The van der Waals surface area contributed by atoms with Crippen LogP contribution in [0.15, 0.2) is 47.5 Å². The molecule has 0 bridgehead atoms. The quantitative estimate of drug-likeness (QED) is 0.782. The minimum absolute atomic E-state index is 0.100. The van der Waals surface area contributed by atoms with E-state index in [1.54, 1.807) is 6.07 Å². The molecule has 1 fully saturated rings. The van der Waals surface area contributed by atoms with Crippen LogP contribution in [0.3, 0.4) is 0 Å². The fourth-order valence-corrected chi connectivity index (χ4v) is 6.67. The van der Waals surface area contributed by atoms with E-state index in [0.717, 1.165) is 27.5 Å². The number of aliphatic imine (C=N–C) groups is 1. The molecule has 0 radical (unpaired) electrons. The predicted molar refractivity (Wildman–Crippen MR) is 110 cm³/mol. The van der Waals surface area contributed by atoms with Gasteiger partial charge in [0.25, 0.3) is 0 Å². The van der Waals surface area contributed by atoms with Crippen LogP contribution in [0.1, 0.15) is 16.7 Å². The summed E-state index contributed by atoms with van der Waals surface area (Å²) >= 11 is 1.53. The average molecular weight is 405 g/mol. The predicted octanol–water partition coefficient (Wildman–Crippen LogP) is 3.72. The number of hydrogen-bond donors (Lipinski definition) is 0. The third-order valence-electron chi connectivity index (χ3n) is 4.98. The van der Waals surface area contributed by atoms with Crippen molar-refractivity contribution in [3.8, 4) is 0 Å². The van der Waals surface area contributed by atoms with Gasteiger partial charge in [-0.3, -0.25) is 4.99 Å². The van der Waals surface area contributed by atoms with Gasteiger partial charge in [0.05, 0.1) is 23.6 Å². The zero-order valence-electron chi connectivity index (χ0n) is 15.2. The molecule has 0 amide bonds. The van der Waals surface area contributed by atoms with E-state index in [1.165, 1.54) is 23.9 Å². The molecule has 0 aromatic heterocycles. The van der Waals surface area contributed by atoms with Crippen LogP contribution in [0.4, 0.5) is 10.1 Å².